The Balaban J connectivity index is 1.75. The van der Waals surface area contributed by atoms with Gasteiger partial charge < -0.3 is 9.88 Å². The van der Waals surface area contributed by atoms with E-state index >= 15 is 0 Å². The SMILES string of the molecule is Cc1ccc2c(=O)c(C(=O)c3ccc(F)cc3)cn(CC(=O)Nc3ccc(F)c(C)c3)c2n1. The maximum Gasteiger partial charge on any atom is 0.244 e. The number of aryl methyl sites for hydroxylation is 2. The highest BCUT2D eigenvalue weighted by atomic mass is 19.1. The summed E-state index contributed by atoms with van der Waals surface area (Å²) in [6.45, 7) is 3.08. The Hall–Kier alpha value is -4.20. The maximum absolute atomic E-state index is 13.5. The van der Waals surface area contributed by atoms with Crippen molar-refractivity contribution >= 4 is 28.4 Å². The normalized spacial score (nSPS) is 10.9. The van der Waals surface area contributed by atoms with Gasteiger partial charge in [-0.3, -0.25) is 14.4 Å². The topological polar surface area (TPSA) is 81.1 Å². The summed E-state index contributed by atoms with van der Waals surface area (Å²) in [7, 11) is 0. The Morgan fingerprint density at radius 2 is 1.73 bits per heavy atom. The first kappa shape index (κ1) is 22.0. The van der Waals surface area contributed by atoms with Crippen molar-refractivity contribution in [2.75, 3.05) is 5.32 Å². The molecule has 0 bridgehead atoms. The van der Waals surface area contributed by atoms with Gasteiger partial charge in [0.2, 0.25) is 11.3 Å². The zero-order valence-corrected chi connectivity index (χ0v) is 17.9. The van der Waals surface area contributed by atoms with Crippen LogP contribution >= 0.6 is 0 Å². The third-order valence-corrected chi connectivity index (χ3v) is 5.17. The first-order chi connectivity index (χ1) is 15.7. The Morgan fingerprint density at radius 1 is 1.00 bits per heavy atom. The second-order valence-electron chi connectivity index (χ2n) is 7.67. The number of rotatable bonds is 5. The highest BCUT2D eigenvalue weighted by Crippen LogP contribution is 2.16. The van der Waals surface area contributed by atoms with Crippen molar-refractivity contribution in [3.63, 3.8) is 0 Å². The van der Waals surface area contributed by atoms with Crippen molar-refractivity contribution in [2.24, 2.45) is 0 Å². The molecule has 0 saturated carbocycles. The molecule has 8 heteroatoms. The quantitative estimate of drug-likeness (QED) is 0.466. The van der Waals surface area contributed by atoms with E-state index in [-0.39, 0.29) is 34.5 Å². The number of nitrogens with one attached hydrogen (secondary N) is 1. The van der Waals surface area contributed by atoms with E-state index in [2.05, 4.69) is 10.3 Å². The second kappa shape index (κ2) is 8.74. The van der Waals surface area contributed by atoms with Crippen LogP contribution in [0.3, 0.4) is 0 Å². The summed E-state index contributed by atoms with van der Waals surface area (Å²) < 4.78 is 28.2. The van der Waals surface area contributed by atoms with Crippen LogP contribution in [0.2, 0.25) is 0 Å². The number of carbonyl (C=O) groups excluding carboxylic acids is 2. The molecule has 0 spiro atoms. The van der Waals surface area contributed by atoms with Gasteiger partial charge in [-0.2, -0.15) is 0 Å². The van der Waals surface area contributed by atoms with Gasteiger partial charge in [-0.1, -0.05) is 0 Å². The lowest BCUT2D eigenvalue weighted by Gasteiger charge is -2.13. The van der Waals surface area contributed by atoms with Gasteiger partial charge >= 0.3 is 0 Å². The molecule has 4 rings (SSSR count). The number of aromatic nitrogens is 2. The predicted octanol–water partition coefficient (Wildman–Crippen LogP) is 4.16. The summed E-state index contributed by atoms with van der Waals surface area (Å²) in [5.41, 5.74) is 1.12. The first-order valence-corrected chi connectivity index (χ1v) is 10.1. The molecule has 6 nitrogen and oxygen atoms in total. The van der Waals surface area contributed by atoms with Crippen molar-refractivity contribution < 1.29 is 18.4 Å². The third kappa shape index (κ3) is 4.55. The number of nitrogens with zero attached hydrogens (tertiary/aromatic N) is 2. The van der Waals surface area contributed by atoms with Gasteiger partial charge in [0, 0.05) is 23.1 Å². The first-order valence-electron chi connectivity index (χ1n) is 10.1. The fourth-order valence-electron chi connectivity index (χ4n) is 3.48. The lowest BCUT2D eigenvalue weighted by atomic mass is 10.0. The molecule has 2 aromatic carbocycles. The highest BCUT2D eigenvalue weighted by Gasteiger charge is 2.19. The summed E-state index contributed by atoms with van der Waals surface area (Å²) in [5, 5.41) is 2.86. The molecule has 1 amide bonds. The number of hydrogen-bond acceptors (Lipinski definition) is 4. The summed E-state index contributed by atoms with van der Waals surface area (Å²) >= 11 is 0. The Labute approximate surface area is 187 Å². The predicted molar refractivity (Wildman–Crippen MR) is 120 cm³/mol. The van der Waals surface area contributed by atoms with Crippen molar-refractivity contribution in [1.82, 2.24) is 9.55 Å². The van der Waals surface area contributed by atoms with E-state index in [0.29, 0.717) is 16.9 Å². The van der Waals surface area contributed by atoms with Crippen LogP contribution in [0.5, 0.6) is 0 Å². The van der Waals surface area contributed by atoms with E-state index in [4.69, 9.17) is 0 Å². The third-order valence-electron chi connectivity index (χ3n) is 5.17. The van der Waals surface area contributed by atoms with E-state index in [1.54, 1.807) is 26.0 Å². The summed E-state index contributed by atoms with van der Waals surface area (Å²) in [4.78, 5) is 43.1. The molecule has 0 aliphatic carbocycles. The number of amides is 1. The largest absolute Gasteiger partial charge is 0.325 e. The second-order valence-corrected chi connectivity index (χ2v) is 7.67. The minimum atomic E-state index is -0.592. The van der Waals surface area contributed by atoms with Crippen LogP contribution in [0.1, 0.15) is 27.2 Å². The lowest BCUT2D eigenvalue weighted by molar-refractivity contribution is -0.116. The number of ketones is 1. The molecule has 4 aromatic rings. The van der Waals surface area contributed by atoms with E-state index in [9.17, 15) is 23.2 Å². The van der Waals surface area contributed by atoms with Crippen LogP contribution in [-0.2, 0) is 11.3 Å². The standard InChI is InChI=1S/C25H19F2N3O3/c1-14-11-18(8-10-21(14)27)29-22(31)13-30-12-20(23(32)16-4-6-17(26)7-5-16)24(33)19-9-3-15(2)28-25(19)30/h3-12H,13H2,1-2H3,(H,29,31). The number of hydrogen-bond donors (Lipinski definition) is 1. The van der Waals surface area contributed by atoms with Gasteiger partial charge in [0.05, 0.1) is 10.9 Å². The van der Waals surface area contributed by atoms with Crippen molar-refractivity contribution in [2.45, 2.75) is 20.4 Å². The van der Waals surface area contributed by atoms with E-state index in [0.717, 1.165) is 12.1 Å². The average Bonchev–Trinajstić information content (AvgIpc) is 2.78. The zero-order chi connectivity index (χ0) is 23.7. The van der Waals surface area contributed by atoms with Crippen LogP contribution in [0.25, 0.3) is 11.0 Å². The van der Waals surface area contributed by atoms with Gasteiger partial charge in [0.25, 0.3) is 0 Å². The molecule has 1 N–H and O–H groups in total. The van der Waals surface area contributed by atoms with Gasteiger partial charge in [0.1, 0.15) is 23.8 Å². The Morgan fingerprint density at radius 3 is 2.42 bits per heavy atom. The lowest BCUT2D eigenvalue weighted by Crippen LogP contribution is -2.25. The fourth-order valence-corrected chi connectivity index (χ4v) is 3.48. The summed E-state index contributed by atoms with van der Waals surface area (Å²) in [5.74, 6) is -1.93. The molecule has 0 aliphatic rings. The Kier molecular flexibility index (Phi) is 5.83. The Bertz CT molecular complexity index is 1460. The molecule has 0 unspecified atom stereocenters. The van der Waals surface area contributed by atoms with E-state index in [1.807, 2.05) is 0 Å². The summed E-state index contributed by atoms with van der Waals surface area (Å²) in [6.07, 6.45) is 1.29. The molecule has 2 heterocycles. The highest BCUT2D eigenvalue weighted by molar-refractivity contribution is 6.10. The number of benzene rings is 2. The van der Waals surface area contributed by atoms with Gasteiger partial charge in [-0.15, -0.1) is 0 Å². The average molecular weight is 447 g/mol. The zero-order valence-electron chi connectivity index (χ0n) is 17.9. The van der Waals surface area contributed by atoms with E-state index < -0.39 is 22.9 Å². The van der Waals surface area contributed by atoms with Crippen LogP contribution < -0.4 is 10.7 Å². The molecule has 0 saturated heterocycles. The van der Waals surface area contributed by atoms with Gasteiger partial charge in [-0.25, -0.2) is 13.8 Å². The van der Waals surface area contributed by atoms with Gasteiger partial charge in [-0.05, 0) is 74.0 Å². The maximum atomic E-state index is 13.5. The van der Waals surface area contributed by atoms with Crippen LogP contribution in [-0.4, -0.2) is 21.2 Å². The van der Waals surface area contributed by atoms with Gasteiger partial charge in [0.15, 0.2) is 5.78 Å². The molecule has 0 fully saturated rings. The van der Waals surface area contributed by atoms with Crippen LogP contribution in [0.15, 0.2) is 65.6 Å². The van der Waals surface area contributed by atoms with Crippen molar-refractivity contribution in [3.05, 3.63) is 105 Å². The number of halogens is 2. The summed E-state index contributed by atoms with van der Waals surface area (Å²) in [6, 6.07) is 12.3. The molecule has 0 radical (unpaired) electrons. The minimum Gasteiger partial charge on any atom is -0.325 e. The molecule has 2 aromatic heterocycles. The molecule has 33 heavy (non-hydrogen) atoms. The number of pyridine rings is 2. The smallest absolute Gasteiger partial charge is 0.244 e. The molecule has 0 aliphatic heterocycles. The van der Waals surface area contributed by atoms with Crippen molar-refractivity contribution in [1.29, 1.82) is 0 Å². The molecule has 0 atom stereocenters. The number of fused-ring (bicyclic) bond motifs is 1. The van der Waals surface area contributed by atoms with Crippen LogP contribution in [0.4, 0.5) is 14.5 Å². The van der Waals surface area contributed by atoms with Crippen molar-refractivity contribution in [3.8, 4) is 0 Å². The van der Waals surface area contributed by atoms with Crippen LogP contribution in [0, 0.1) is 25.5 Å². The number of carbonyl (C=O) groups is 2. The fraction of sp³-hybridized carbons (Fsp3) is 0.120. The number of anilines is 1. The van der Waals surface area contributed by atoms with E-state index in [1.165, 1.54) is 41.1 Å². The minimum absolute atomic E-state index is 0.144. The molecular weight excluding hydrogens is 428 g/mol. The molecular formula is C25H19F2N3O3. The molecule has 166 valence electrons. The monoisotopic (exact) mass is 447 g/mol.